The Morgan fingerprint density at radius 1 is 1.08 bits per heavy atom. The minimum atomic E-state index is -0.250. The van der Waals surface area contributed by atoms with E-state index in [1.165, 1.54) is 0 Å². The maximum absolute atomic E-state index is 13.2. The normalized spacial score (nSPS) is 12.6. The van der Waals surface area contributed by atoms with E-state index < -0.39 is 0 Å². The lowest BCUT2D eigenvalue weighted by Gasteiger charge is -2.22. The number of nitrogens with zero attached hydrogens (tertiary/aromatic N) is 2. The molecule has 6 heteroatoms. The lowest BCUT2D eigenvalue weighted by atomic mass is 10.1. The SMILES string of the molecule is O=C(c1cc(Cl)ccc1Cl)N1Cc2cccnc2Oc2ccccc21. The first-order valence-electron chi connectivity index (χ1n) is 7.61. The lowest BCUT2D eigenvalue weighted by molar-refractivity contribution is 0.0985. The molecule has 0 saturated carbocycles. The summed E-state index contributed by atoms with van der Waals surface area (Å²) in [5.74, 6) is 0.800. The lowest BCUT2D eigenvalue weighted by Crippen LogP contribution is -2.30. The average Bonchev–Trinajstić information content (AvgIpc) is 2.79. The van der Waals surface area contributed by atoms with Crippen LogP contribution < -0.4 is 9.64 Å². The number of ether oxygens (including phenoxy) is 1. The molecule has 0 aliphatic carbocycles. The molecule has 3 aromatic rings. The zero-order valence-corrected chi connectivity index (χ0v) is 14.5. The zero-order valence-electron chi connectivity index (χ0n) is 12.9. The fraction of sp³-hybridized carbons (Fsp3) is 0.0526. The van der Waals surface area contributed by atoms with Crippen molar-refractivity contribution in [1.82, 2.24) is 4.98 Å². The third-order valence-electron chi connectivity index (χ3n) is 3.95. The highest BCUT2D eigenvalue weighted by Gasteiger charge is 2.27. The fourth-order valence-electron chi connectivity index (χ4n) is 2.75. The van der Waals surface area contributed by atoms with Crippen molar-refractivity contribution in [2.45, 2.75) is 6.54 Å². The highest BCUT2D eigenvalue weighted by atomic mass is 35.5. The number of fused-ring (bicyclic) bond motifs is 2. The van der Waals surface area contributed by atoms with Crippen LogP contribution in [0.3, 0.4) is 0 Å². The van der Waals surface area contributed by atoms with Crippen molar-refractivity contribution in [2.24, 2.45) is 0 Å². The van der Waals surface area contributed by atoms with Crippen molar-refractivity contribution in [1.29, 1.82) is 0 Å². The highest BCUT2D eigenvalue weighted by Crippen LogP contribution is 2.38. The van der Waals surface area contributed by atoms with E-state index in [4.69, 9.17) is 27.9 Å². The zero-order chi connectivity index (χ0) is 17.4. The first-order valence-corrected chi connectivity index (χ1v) is 8.37. The summed E-state index contributed by atoms with van der Waals surface area (Å²) in [5.41, 5.74) is 1.81. The van der Waals surface area contributed by atoms with Crippen LogP contribution in [-0.2, 0) is 6.54 Å². The number of amides is 1. The highest BCUT2D eigenvalue weighted by molar-refractivity contribution is 6.36. The summed E-state index contributed by atoms with van der Waals surface area (Å²) in [7, 11) is 0. The monoisotopic (exact) mass is 370 g/mol. The Morgan fingerprint density at radius 2 is 1.92 bits per heavy atom. The van der Waals surface area contributed by atoms with Crippen LogP contribution in [0.15, 0.2) is 60.8 Å². The Morgan fingerprint density at radius 3 is 2.80 bits per heavy atom. The van der Waals surface area contributed by atoms with Crippen molar-refractivity contribution < 1.29 is 9.53 Å². The van der Waals surface area contributed by atoms with Crippen LogP contribution in [0, 0.1) is 0 Å². The topological polar surface area (TPSA) is 42.4 Å². The largest absolute Gasteiger partial charge is 0.436 e. The molecule has 0 atom stereocenters. The van der Waals surface area contributed by atoms with Crippen molar-refractivity contribution in [3.63, 3.8) is 0 Å². The minimum absolute atomic E-state index is 0.250. The molecule has 1 aromatic heterocycles. The van der Waals surface area contributed by atoms with Gasteiger partial charge in [0.05, 0.1) is 22.8 Å². The molecule has 0 saturated heterocycles. The number of carbonyl (C=O) groups is 1. The molecule has 0 radical (unpaired) electrons. The molecule has 0 N–H and O–H groups in total. The Labute approximate surface area is 154 Å². The Balaban J connectivity index is 1.85. The molecule has 1 aliphatic heterocycles. The van der Waals surface area contributed by atoms with E-state index in [0.717, 1.165) is 5.56 Å². The summed E-state index contributed by atoms with van der Waals surface area (Å²) < 4.78 is 5.91. The van der Waals surface area contributed by atoms with E-state index >= 15 is 0 Å². The summed E-state index contributed by atoms with van der Waals surface area (Å²) in [6.07, 6.45) is 1.66. The van der Waals surface area contributed by atoms with Crippen molar-refractivity contribution in [2.75, 3.05) is 4.90 Å². The second-order valence-electron chi connectivity index (χ2n) is 5.55. The summed E-state index contributed by atoms with van der Waals surface area (Å²) in [4.78, 5) is 19.1. The number of pyridine rings is 1. The van der Waals surface area contributed by atoms with Crippen LogP contribution in [0.2, 0.25) is 10.0 Å². The number of rotatable bonds is 1. The van der Waals surface area contributed by atoms with E-state index in [1.54, 1.807) is 35.4 Å². The number of para-hydroxylation sites is 2. The Bertz CT molecular complexity index is 975. The van der Waals surface area contributed by atoms with Crippen LogP contribution in [0.4, 0.5) is 5.69 Å². The van der Waals surface area contributed by atoms with E-state index in [0.29, 0.717) is 39.5 Å². The molecular formula is C19H12Cl2N2O2. The standard InChI is InChI=1S/C19H12Cl2N2O2/c20-13-7-8-15(21)14(10-13)19(24)23-11-12-4-3-9-22-18(12)25-17-6-2-1-5-16(17)23/h1-10H,11H2. The average molecular weight is 371 g/mol. The van der Waals surface area contributed by atoms with Gasteiger partial charge in [-0.05, 0) is 36.4 Å². The smallest absolute Gasteiger partial charge is 0.260 e. The number of aromatic nitrogens is 1. The van der Waals surface area contributed by atoms with Gasteiger partial charge in [-0.2, -0.15) is 0 Å². The first-order chi connectivity index (χ1) is 12.1. The molecule has 2 aromatic carbocycles. The number of hydrogen-bond acceptors (Lipinski definition) is 3. The van der Waals surface area contributed by atoms with Crippen LogP contribution in [0.25, 0.3) is 0 Å². The molecule has 1 amide bonds. The molecule has 4 nitrogen and oxygen atoms in total. The second kappa shape index (κ2) is 6.39. The number of halogens is 2. The first kappa shape index (κ1) is 15.9. The molecule has 1 aliphatic rings. The fourth-order valence-corrected chi connectivity index (χ4v) is 3.12. The van der Waals surface area contributed by atoms with Gasteiger partial charge in [0.25, 0.3) is 5.91 Å². The van der Waals surface area contributed by atoms with Gasteiger partial charge in [-0.1, -0.05) is 41.4 Å². The summed E-state index contributed by atoms with van der Waals surface area (Å²) in [6, 6.07) is 15.9. The molecular weight excluding hydrogens is 359 g/mol. The number of carbonyl (C=O) groups excluding carboxylic acids is 1. The number of hydrogen-bond donors (Lipinski definition) is 0. The van der Waals surface area contributed by atoms with Crippen LogP contribution in [-0.4, -0.2) is 10.9 Å². The van der Waals surface area contributed by atoms with Crippen molar-refractivity contribution in [3.8, 4) is 11.6 Å². The predicted molar refractivity (Wildman–Crippen MR) is 97.7 cm³/mol. The molecule has 0 unspecified atom stereocenters. The van der Waals surface area contributed by atoms with Crippen LogP contribution in [0.1, 0.15) is 15.9 Å². The quantitative estimate of drug-likeness (QED) is 0.580. The number of anilines is 1. The van der Waals surface area contributed by atoms with E-state index in [-0.39, 0.29) is 5.91 Å². The molecule has 2 heterocycles. The maximum atomic E-state index is 13.2. The molecule has 0 spiro atoms. The molecule has 124 valence electrons. The molecule has 0 fully saturated rings. The van der Waals surface area contributed by atoms with Gasteiger partial charge in [-0.25, -0.2) is 4.98 Å². The van der Waals surface area contributed by atoms with Gasteiger partial charge in [0, 0.05) is 16.8 Å². The summed E-state index contributed by atoms with van der Waals surface area (Å²) >= 11 is 12.3. The van der Waals surface area contributed by atoms with E-state index in [1.807, 2.05) is 30.3 Å². The third kappa shape index (κ3) is 2.95. The van der Waals surface area contributed by atoms with Crippen molar-refractivity contribution >= 4 is 34.8 Å². The predicted octanol–water partition coefficient (Wildman–Crippen LogP) is 5.34. The molecule has 0 bridgehead atoms. The van der Waals surface area contributed by atoms with Gasteiger partial charge in [-0.15, -0.1) is 0 Å². The van der Waals surface area contributed by atoms with E-state index in [2.05, 4.69) is 4.98 Å². The van der Waals surface area contributed by atoms with Crippen LogP contribution >= 0.6 is 23.2 Å². The van der Waals surface area contributed by atoms with Gasteiger partial charge in [0.15, 0.2) is 5.75 Å². The molecule has 4 rings (SSSR count). The summed E-state index contributed by atoms with van der Waals surface area (Å²) in [6.45, 7) is 0.321. The number of benzene rings is 2. The van der Waals surface area contributed by atoms with Crippen LogP contribution in [0.5, 0.6) is 11.6 Å². The molecule has 25 heavy (non-hydrogen) atoms. The minimum Gasteiger partial charge on any atom is -0.436 e. The van der Waals surface area contributed by atoms with Gasteiger partial charge in [0.2, 0.25) is 5.88 Å². The van der Waals surface area contributed by atoms with Gasteiger partial charge in [-0.3, -0.25) is 4.79 Å². The van der Waals surface area contributed by atoms with Gasteiger partial charge in [0.1, 0.15) is 0 Å². The third-order valence-corrected chi connectivity index (χ3v) is 4.51. The summed E-state index contributed by atoms with van der Waals surface area (Å²) in [5, 5.41) is 0.803. The second-order valence-corrected chi connectivity index (χ2v) is 6.40. The maximum Gasteiger partial charge on any atom is 0.260 e. The Kier molecular flexibility index (Phi) is 4.07. The van der Waals surface area contributed by atoms with Gasteiger partial charge >= 0.3 is 0 Å². The van der Waals surface area contributed by atoms with E-state index in [9.17, 15) is 4.79 Å². The Hall–Kier alpha value is -2.56. The van der Waals surface area contributed by atoms with Crippen molar-refractivity contribution in [3.05, 3.63) is 82.0 Å². The van der Waals surface area contributed by atoms with Gasteiger partial charge < -0.3 is 9.64 Å².